The van der Waals surface area contributed by atoms with Crippen LogP contribution in [0, 0.1) is 0 Å². The van der Waals surface area contributed by atoms with Crippen LogP contribution < -0.4 is 4.74 Å². The summed E-state index contributed by atoms with van der Waals surface area (Å²) in [6.07, 6.45) is 3.25. The Hall–Kier alpha value is -2.89. The fourth-order valence-corrected chi connectivity index (χ4v) is 1.90. The number of ether oxygens (including phenoxy) is 1. The number of carboxylic acids is 1. The number of para-hydroxylation sites is 1. The summed E-state index contributed by atoms with van der Waals surface area (Å²) < 4.78 is 7.21. The molecule has 1 aromatic carbocycles. The summed E-state index contributed by atoms with van der Waals surface area (Å²) in [5.41, 5.74) is 0.240. The van der Waals surface area contributed by atoms with E-state index < -0.39 is 5.97 Å². The zero-order valence-corrected chi connectivity index (χ0v) is 10.4. The van der Waals surface area contributed by atoms with Crippen LogP contribution in [0.5, 0.6) is 5.75 Å². The van der Waals surface area contributed by atoms with E-state index in [1.54, 1.807) is 16.7 Å². The van der Waals surface area contributed by atoms with Gasteiger partial charge in [0.15, 0.2) is 17.2 Å². The van der Waals surface area contributed by atoms with Gasteiger partial charge in [-0.2, -0.15) is 0 Å². The van der Waals surface area contributed by atoms with Crippen molar-refractivity contribution in [1.82, 2.24) is 14.4 Å². The number of rotatable bonds is 4. The molecular formula is C14H11N3O3. The molecule has 1 N–H and O–H groups in total. The summed E-state index contributed by atoms with van der Waals surface area (Å²) in [7, 11) is 0. The summed E-state index contributed by atoms with van der Waals surface area (Å²) in [6, 6.07) is 11.0. The maximum Gasteiger partial charge on any atom is 0.358 e. The molecule has 0 radical (unpaired) electrons. The number of hydrogen-bond donors (Lipinski definition) is 1. The highest BCUT2D eigenvalue weighted by Gasteiger charge is 2.17. The number of carbonyl (C=O) groups is 1. The molecule has 0 aliphatic rings. The van der Waals surface area contributed by atoms with Crippen LogP contribution in [0.1, 0.15) is 16.3 Å². The molecule has 0 amide bonds. The van der Waals surface area contributed by atoms with Gasteiger partial charge in [0, 0.05) is 12.4 Å². The van der Waals surface area contributed by atoms with Crippen LogP contribution in [0.2, 0.25) is 0 Å². The molecule has 0 saturated carbocycles. The third-order valence-electron chi connectivity index (χ3n) is 2.79. The van der Waals surface area contributed by atoms with Crippen LogP contribution in [-0.4, -0.2) is 25.4 Å². The number of fused-ring (bicyclic) bond motifs is 1. The number of carboxylic acid groups (broad SMARTS) is 1. The Kier molecular flexibility index (Phi) is 3.04. The van der Waals surface area contributed by atoms with E-state index in [0.717, 1.165) is 0 Å². The molecule has 2 heterocycles. The van der Waals surface area contributed by atoms with E-state index in [1.165, 1.54) is 6.20 Å². The van der Waals surface area contributed by atoms with Crippen molar-refractivity contribution in [2.75, 3.05) is 0 Å². The molecule has 0 atom stereocenters. The van der Waals surface area contributed by atoms with Crippen molar-refractivity contribution in [3.05, 3.63) is 60.3 Å². The lowest BCUT2D eigenvalue weighted by atomic mass is 10.3. The number of aromatic nitrogens is 3. The summed E-state index contributed by atoms with van der Waals surface area (Å²) in [4.78, 5) is 19.3. The van der Waals surface area contributed by atoms with Crippen molar-refractivity contribution in [3.63, 3.8) is 0 Å². The fourth-order valence-electron chi connectivity index (χ4n) is 1.90. The Bertz CT molecular complexity index is 753. The normalized spacial score (nSPS) is 10.6. The van der Waals surface area contributed by atoms with Crippen molar-refractivity contribution < 1.29 is 14.6 Å². The number of imidazole rings is 1. The molecule has 0 saturated heterocycles. The minimum Gasteiger partial charge on any atom is -0.486 e. The molecule has 0 fully saturated rings. The van der Waals surface area contributed by atoms with Crippen LogP contribution in [0.3, 0.4) is 0 Å². The number of hydrogen-bond acceptors (Lipinski definition) is 4. The number of nitrogens with zero attached hydrogens (tertiary/aromatic N) is 3. The molecule has 100 valence electrons. The van der Waals surface area contributed by atoms with Crippen LogP contribution in [0.15, 0.2) is 48.8 Å². The number of benzene rings is 1. The molecule has 3 rings (SSSR count). The Morgan fingerprint density at radius 2 is 2.05 bits per heavy atom. The van der Waals surface area contributed by atoms with Crippen molar-refractivity contribution >= 4 is 11.6 Å². The third kappa shape index (κ3) is 2.18. The maximum absolute atomic E-state index is 11.1. The van der Waals surface area contributed by atoms with E-state index in [4.69, 9.17) is 9.84 Å². The predicted octanol–water partition coefficient (Wildman–Crippen LogP) is 2.01. The summed E-state index contributed by atoms with van der Waals surface area (Å²) in [6.45, 7) is 0.171. The zero-order chi connectivity index (χ0) is 13.9. The first-order valence-corrected chi connectivity index (χ1v) is 5.99. The highest BCUT2D eigenvalue weighted by atomic mass is 16.5. The van der Waals surface area contributed by atoms with Gasteiger partial charge in [-0.1, -0.05) is 18.2 Å². The monoisotopic (exact) mass is 269 g/mol. The van der Waals surface area contributed by atoms with Gasteiger partial charge in [0.2, 0.25) is 0 Å². The predicted molar refractivity (Wildman–Crippen MR) is 70.7 cm³/mol. The quantitative estimate of drug-likeness (QED) is 0.784. The second kappa shape index (κ2) is 5.00. The first kappa shape index (κ1) is 12.2. The fraction of sp³-hybridized carbons (Fsp3) is 0.0714. The lowest BCUT2D eigenvalue weighted by Gasteiger charge is -2.04. The zero-order valence-electron chi connectivity index (χ0n) is 10.4. The van der Waals surface area contributed by atoms with Gasteiger partial charge in [0.25, 0.3) is 0 Å². The standard InChI is InChI=1S/C14H11N3O3/c18-14(19)12-13-15-7-4-8-17(13)11(16-12)9-20-10-5-2-1-3-6-10/h1-8H,9H2,(H,18,19). The second-order valence-corrected chi connectivity index (χ2v) is 4.10. The van der Waals surface area contributed by atoms with Gasteiger partial charge in [0.05, 0.1) is 0 Å². The van der Waals surface area contributed by atoms with Crippen LogP contribution >= 0.6 is 0 Å². The first-order chi connectivity index (χ1) is 9.75. The van der Waals surface area contributed by atoms with Gasteiger partial charge in [-0.05, 0) is 18.2 Å². The molecule has 0 unspecified atom stereocenters. The minimum absolute atomic E-state index is 0.0720. The van der Waals surface area contributed by atoms with Crippen LogP contribution in [0.4, 0.5) is 0 Å². The van der Waals surface area contributed by atoms with Gasteiger partial charge in [0.1, 0.15) is 12.4 Å². The van der Waals surface area contributed by atoms with Crippen molar-refractivity contribution in [2.45, 2.75) is 6.61 Å². The number of aromatic carboxylic acids is 1. The average Bonchev–Trinajstić information content (AvgIpc) is 2.85. The molecule has 2 aromatic heterocycles. The van der Waals surface area contributed by atoms with Gasteiger partial charge in [-0.3, -0.25) is 4.40 Å². The lowest BCUT2D eigenvalue weighted by molar-refractivity contribution is 0.0692. The summed E-state index contributed by atoms with van der Waals surface area (Å²) in [5, 5.41) is 9.12. The van der Waals surface area contributed by atoms with Crippen molar-refractivity contribution in [1.29, 1.82) is 0 Å². The highest BCUT2D eigenvalue weighted by molar-refractivity contribution is 5.92. The molecule has 20 heavy (non-hydrogen) atoms. The van der Waals surface area contributed by atoms with Gasteiger partial charge >= 0.3 is 5.97 Å². The summed E-state index contributed by atoms with van der Waals surface area (Å²) in [5.74, 6) is 0.0894. The van der Waals surface area contributed by atoms with E-state index in [1.807, 2.05) is 30.3 Å². The maximum atomic E-state index is 11.1. The third-order valence-corrected chi connectivity index (χ3v) is 2.79. The molecule has 0 aliphatic heterocycles. The Morgan fingerprint density at radius 1 is 1.25 bits per heavy atom. The van der Waals surface area contributed by atoms with E-state index in [9.17, 15) is 4.79 Å². The first-order valence-electron chi connectivity index (χ1n) is 5.99. The van der Waals surface area contributed by atoms with E-state index in [2.05, 4.69) is 9.97 Å². The second-order valence-electron chi connectivity index (χ2n) is 4.10. The smallest absolute Gasteiger partial charge is 0.358 e. The molecular weight excluding hydrogens is 258 g/mol. The van der Waals surface area contributed by atoms with Gasteiger partial charge in [-0.15, -0.1) is 0 Å². The molecule has 6 nitrogen and oxygen atoms in total. The highest BCUT2D eigenvalue weighted by Crippen LogP contribution is 2.14. The lowest BCUT2D eigenvalue weighted by Crippen LogP contribution is -2.01. The van der Waals surface area contributed by atoms with Crippen molar-refractivity contribution in [2.24, 2.45) is 0 Å². The largest absolute Gasteiger partial charge is 0.486 e. The molecule has 0 aliphatic carbocycles. The molecule has 6 heteroatoms. The SMILES string of the molecule is O=C(O)c1nc(COc2ccccc2)n2cccnc12. The minimum atomic E-state index is -1.10. The van der Waals surface area contributed by atoms with E-state index in [0.29, 0.717) is 17.2 Å². The Morgan fingerprint density at radius 3 is 2.80 bits per heavy atom. The van der Waals surface area contributed by atoms with Crippen molar-refractivity contribution in [3.8, 4) is 5.75 Å². The van der Waals surface area contributed by atoms with E-state index >= 15 is 0 Å². The average molecular weight is 269 g/mol. The van der Waals surface area contributed by atoms with Crippen LogP contribution in [-0.2, 0) is 6.61 Å². The van der Waals surface area contributed by atoms with Gasteiger partial charge in [-0.25, -0.2) is 14.8 Å². The molecule has 0 bridgehead atoms. The summed E-state index contributed by atoms with van der Waals surface area (Å²) >= 11 is 0. The van der Waals surface area contributed by atoms with Gasteiger partial charge < -0.3 is 9.84 Å². The molecule has 0 spiro atoms. The Balaban J connectivity index is 1.94. The molecule has 3 aromatic rings. The van der Waals surface area contributed by atoms with Crippen LogP contribution in [0.25, 0.3) is 5.65 Å². The van der Waals surface area contributed by atoms with E-state index in [-0.39, 0.29) is 12.3 Å². The topological polar surface area (TPSA) is 76.7 Å². The Labute approximate surface area is 114 Å².